The molecule has 3 aromatic carbocycles. The minimum Gasteiger partial charge on any atom is -0.482 e. The second-order valence-electron chi connectivity index (χ2n) is 6.40. The van der Waals surface area contributed by atoms with Crippen LogP contribution in [0.1, 0.15) is 5.56 Å². The van der Waals surface area contributed by atoms with Crippen LogP contribution >= 0.6 is 0 Å². The molecule has 7 heteroatoms. The molecular formula is C23H21N3O4. The molecule has 7 nitrogen and oxygen atoms in total. The fourth-order valence-electron chi connectivity index (χ4n) is 2.45. The SMILES string of the molecule is Cc1cccc(OCC(=O)OCC(=O)Nc2ccc(N=Nc3ccccc3)cc2)c1. The fourth-order valence-corrected chi connectivity index (χ4v) is 2.45. The summed E-state index contributed by atoms with van der Waals surface area (Å²) < 4.78 is 10.3. The first-order valence-electron chi connectivity index (χ1n) is 9.30. The van der Waals surface area contributed by atoms with Crippen LogP contribution in [0.2, 0.25) is 0 Å². The average molecular weight is 403 g/mol. The molecule has 3 aromatic rings. The van der Waals surface area contributed by atoms with Gasteiger partial charge in [-0.2, -0.15) is 10.2 Å². The molecule has 0 bridgehead atoms. The van der Waals surface area contributed by atoms with Crippen molar-refractivity contribution in [3.63, 3.8) is 0 Å². The Hall–Kier alpha value is -4.00. The van der Waals surface area contributed by atoms with E-state index in [0.29, 0.717) is 17.1 Å². The molecule has 0 fully saturated rings. The highest BCUT2D eigenvalue weighted by Crippen LogP contribution is 2.20. The zero-order chi connectivity index (χ0) is 21.2. The van der Waals surface area contributed by atoms with Crippen LogP contribution in [0, 0.1) is 6.92 Å². The van der Waals surface area contributed by atoms with E-state index in [1.54, 1.807) is 30.3 Å². The minimum absolute atomic E-state index is 0.266. The first-order valence-corrected chi connectivity index (χ1v) is 9.30. The number of hydrogen-bond acceptors (Lipinski definition) is 6. The van der Waals surface area contributed by atoms with Crippen LogP contribution in [0.4, 0.5) is 17.1 Å². The highest BCUT2D eigenvalue weighted by molar-refractivity contribution is 5.93. The molecule has 0 aromatic heterocycles. The third-order valence-corrected chi connectivity index (χ3v) is 3.90. The van der Waals surface area contributed by atoms with E-state index in [1.165, 1.54) is 0 Å². The van der Waals surface area contributed by atoms with Crippen LogP contribution in [0.5, 0.6) is 5.75 Å². The van der Waals surface area contributed by atoms with Crippen molar-refractivity contribution >= 4 is 28.9 Å². The first-order chi connectivity index (χ1) is 14.6. The van der Waals surface area contributed by atoms with Gasteiger partial charge in [-0.05, 0) is 61.0 Å². The van der Waals surface area contributed by atoms with Crippen LogP contribution in [0.3, 0.4) is 0 Å². The van der Waals surface area contributed by atoms with Crippen molar-refractivity contribution in [2.24, 2.45) is 10.2 Å². The highest BCUT2D eigenvalue weighted by Gasteiger charge is 2.09. The zero-order valence-electron chi connectivity index (χ0n) is 16.4. The summed E-state index contributed by atoms with van der Waals surface area (Å²) in [5.74, 6) is -0.498. The number of azo groups is 1. The number of nitrogens with one attached hydrogen (secondary N) is 1. The summed E-state index contributed by atoms with van der Waals surface area (Å²) in [5.41, 5.74) is 2.98. The summed E-state index contributed by atoms with van der Waals surface area (Å²) in [6.07, 6.45) is 0. The Morgan fingerprint density at radius 1 is 0.833 bits per heavy atom. The number of nitrogens with zero attached hydrogens (tertiary/aromatic N) is 2. The number of benzene rings is 3. The number of ether oxygens (including phenoxy) is 2. The van der Waals surface area contributed by atoms with E-state index < -0.39 is 18.5 Å². The van der Waals surface area contributed by atoms with Crippen molar-refractivity contribution in [2.45, 2.75) is 6.92 Å². The van der Waals surface area contributed by atoms with E-state index >= 15 is 0 Å². The number of esters is 1. The average Bonchev–Trinajstić information content (AvgIpc) is 2.76. The van der Waals surface area contributed by atoms with Gasteiger partial charge in [0.05, 0.1) is 11.4 Å². The van der Waals surface area contributed by atoms with Gasteiger partial charge in [0.25, 0.3) is 5.91 Å². The highest BCUT2D eigenvalue weighted by atomic mass is 16.6. The van der Waals surface area contributed by atoms with Crippen LogP contribution in [0.15, 0.2) is 89.1 Å². The van der Waals surface area contributed by atoms with Crippen molar-refractivity contribution in [3.8, 4) is 5.75 Å². The molecule has 0 aliphatic heterocycles. The van der Waals surface area contributed by atoms with Gasteiger partial charge in [0.15, 0.2) is 13.2 Å². The number of rotatable bonds is 8. The number of carbonyl (C=O) groups excluding carboxylic acids is 2. The maximum Gasteiger partial charge on any atom is 0.344 e. The van der Waals surface area contributed by atoms with Gasteiger partial charge in [-0.1, -0.05) is 30.3 Å². The Labute approximate surface area is 174 Å². The molecule has 0 heterocycles. The molecule has 152 valence electrons. The van der Waals surface area contributed by atoms with Crippen molar-refractivity contribution in [1.29, 1.82) is 0 Å². The van der Waals surface area contributed by atoms with E-state index in [4.69, 9.17) is 9.47 Å². The number of hydrogen-bond donors (Lipinski definition) is 1. The lowest BCUT2D eigenvalue weighted by molar-refractivity contribution is -0.149. The number of anilines is 1. The summed E-state index contributed by atoms with van der Waals surface area (Å²) >= 11 is 0. The second-order valence-corrected chi connectivity index (χ2v) is 6.40. The van der Waals surface area contributed by atoms with E-state index in [0.717, 1.165) is 11.3 Å². The molecular weight excluding hydrogens is 382 g/mol. The first kappa shape index (κ1) is 20.7. The van der Waals surface area contributed by atoms with Gasteiger partial charge in [-0.15, -0.1) is 0 Å². The number of aryl methyl sites for hydroxylation is 1. The maximum atomic E-state index is 12.0. The topological polar surface area (TPSA) is 89.3 Å². The van der Waals surface area contributed by atoms with Crippen LogP contribution in [-0.2, 0) is 14.3 Å². The molecule has 0 saturated heterocycles. The number of amides is 1. The molecule has 0 spiro atoms. The summed E-state index contributed by atoms with van der Waals surface area (Å²) in [6, 6.07) is 23.5. The van der Waals surface area contributed by atoms with Crippen LogP contribution in [-0.4, -0.2) is 25.1 Å². The van der Waals surface area contributed by atoms with E-state index in [2.05, 4.69) is 15.5 Å². The maximum absolute atomic E-state index is 12.0. The quantitative estimate of drug-likeness (QED) is 0.425. The van der Waals surface area contributed by atoms with Gasteiger partial charge in [0.2, 0.25) is 0 Å². The van der Waals surface area contributed by atoms with Crippen molar-refractivity contribution in [1.82, 2.24) is 0 Å². The molecule has 0 saturated carbocycles. The van der Waals surface area contributed by atoms with Gasteiger partial charge in [0.1, 0.15) is 5.75 Å². The van der Waals surface area contributed by atoms with Crippen molar-refractivity contribution in [3.05, 3.63) is 84.4 Å². The Balaban J connectivity index is 1.41. The predicted octanol–water partition coefficient (Wildman–Crippen LogP) is 4.97. The zero-order valence-corrected chi connectivity index (χ0v) is 16.4. The van der Waals surface area contributed by atoms with E-state index in [9.17, 15) is 9.59 Å². The third kappa shape index (κ3) is 6.87. The molecule has 0 unspecified atom stereocenters. The van der Waals surface area contributed by atoms with E-state index in [-0.39, 0.29) is 6.61 Å². The Morgan fingerprint density at radius 3 is 2.23 bits per heavy atom. The number of carbonyl (C=O) groups is 2. The lowest BCUT2D eigenvalue weighted by Crippen LogP contribution is -2.23. The minimum atomic E-state index is -0.622. The molecule has 3 rings (SSSR count). The summed E-state index contributed by atoms with van der Waals surface area (Å²) in [7, 11) is 0. The van der Waals surface area contributed by atoms with Crippen molar-refractivity contribution < 1.29 is 19.1 Å². The Bertz CT molecular complexity index is 1020. The molecule has 1 N–H and O–H groups in total. The smallest absolute Gasteiger partial charge is 0.344 e. The normalized spacial score (nSPS) is 10.6. The second kappa shape index (κ2) is 10.5. The largest absolute Gasteiger partial charge is 0.482 e. The predicted molar refractivity (Wildman–Crippen MR) is 113 cm³/mol. The van der Waals surface area contributed by atoms with Crippen LogP contribution in [0.25, 0.3) is 0 Å². The summed E-state index contributed by atoms with van der Waals surface area (Å²) in [4.78, 5) is 23.7. The lowest BCUT2D eigenvalue weighted by Gasteiger charge is -2.08. The van der Waals surface area contributed by atoms with Crippen LogP contribution < -0.4 is 10.1 Å². The fraction of sp³-hybridized carbons (Fsp3) is 0.130. The van der Waals surface area contributed by atoms with Crippen molar-refractivity contribution in [2.75, 3.05) is 18.5 Å². The van der Waals surface area contributed by atoms with Gasteiger partial charge >= 0.3 is 5.97 Å². The van der Waals surface area contributed by atoms with E-state index in [1.807, 2.05) is 55.5 Å². The molecule has 0 radical (unpaired) electrons. The van der Waals surface area contributed by atoms with Gasteiger partial charge < -0.3 is 14.8 Å². The molecule has 0 atom stereocenters. The molecule has 30 heavy (non-hydrogen) atoms. The standard InChI is InChI=1S/C23H21N3O4/c1-17-6-5-9-21(14-17)29-16-23(28)30-15-22(27)24-18-10-12-20(13-11-18)26-25-19-7-3-2-4-8-19/h2-14H,15-16H2,1H3,(H,24,27). The molecule has 0 aliphatic carbocycles. The Morgan fingerprint density at radius 2 is 1.53 bits per heavy atom. The Kier molecular flexibility index (Phi) is 7.27. The summed E-state index contributed by atoms with van der Waals surface area (Å²) in [6.45, 7) is 1.26. The molecule has 0 aliphatic rings. The van der Waals surface area contributed by atoms with Gasteiger partial charge in [-0.3, -0.25) is 4.79 Å². The molecule has 1 amide bonds. The third-order valence-electron chi connectivity index (χ3n) is 3.90. The van der Waals surface area contributed by atoms with Gasteiger partial charge in [-0.25, -0.2) is 4.79 Å². The van der Waals surface area contributed by atoms with Gasteiger partial charge in [0, 0.05) is 5.69 Å². The monoisotopic (exact) mass is 403 g/mol. The lowest BCUT2D eigenvalue weighted by atomic mass is 10.2. The summed E-state index contributed by atoms with van der Waals surface area (Å²) in [5, 5.41) is 10.9.